The number of aldehydes is 1. The third kappa shape index (κ3) is 5.64. The SMILES string of the molecule is COc1ccc(C(C=O)Cc2cc(C)c3ccccc3n2)cc1N(CC(C)C)C(=O)C(C)(C)C. The van der Waals surface area contributed by atoms with Gasteiger partial charge >= 0.3 is 0 Å². The van der Waals surface area contributed by atoms with E-state index in [1.165, 1.54) is 0 Å². The maximum atomic E-state index is 13.4. The molecule has 0 fully saturated rings. The van der Waals surface area contributed by atoms with Crippen LogP contribution in [-0.4, -0.2) is 30.8 Å². The van der Waals surface area contributed by atoms with Crippen LogP contribution < -0.4 is 9.64 Å². The van der Waals surface area contributed by atoms with E-state index in [0.29, 0.717) is 24.4 Å². The summed E-state index contributed by atoms with van der Waals surface area (Å²) in [7, 11) is 1.60. The van der Waals surface area contributed by atoms with Crippen molar-refractivity contribution in [2.24, 2.45) is 11.3 Å². The zero-order chi connectivity index (χ0) is 25.0. The van der Waals surface area contributed by atoms with E-state index in [9.17, 15) is 9.59 Å². The maximum absolute atomic E-state index is 13.4. The van der Waals surface area contributed by atoms with Crippen molar-refractivity contribution in [3.05, 3.63) is 65.4 Å². The molecule has 0 aliphatic carbocycles. The first-order valence-corrected chi connectivity index (χ1v) is 11.9. The number of carbonyl (C=O) groups excluding carboxylic acids is 2. The number of methoxy groups -OCH3 is 1. The molecular formula is C29H36N2O3. The van der Waals surface area contributed by atoms with Crippen molar-refractivity contribution in [2.75, 3.05) is 18.6 Å². The third-order valence-electron chi connectivity index (χ3n) is 5.93. The highest BCUT2D eigenvalue weighted by molar-refractivity contribution is 5.98. The number of aryl methyl sites for hydroxylation is 1. The lowest BCUT2D eigenvalue weighted by atomic mass is 9.91. The molecule has 2 aromatic carbocycles. The topological polar surface area (TPSA) is 59.5 Å². The number of hydrogen-bond acceptors (Lipinski definition) is 4. The summed E-state index contributed by atoms with van der Waals surface area (Å²) in [5.41, 5.74) is 3.93. The minimum Gasteiger partial charge on any atom is -0.495 e. The Hall–Kier alpha value is -3.21. The number of anilines is 1. The van der Waals surface area contributed by atoms with Gasteiger partial charge in [-0.3, -0.25) is 9.78 Å². The quantitative estimate of drug-likeness (QED) is 0.380. The second-order valence-electron chi connectivity index (χ2n) is 10.4. The van der Waals surface area contributed by atoms with Crippen molar-refractivity contribution < 1.29 is 14.3 Å². The van der Waals surface area contributed by atoms with Crippen LogP contribution in [0.4, 0.5) is 5.69 Å². The van der Waals surface area contributed by atoms with Gasteiger partial charge in [0, 0.05) is 35.4 Å². The summed E-state index contributed by atoms with van der Waals surface area (Å²) in [5.74, 6) is 0.520. The molecule has 0 saturated heterocycles. The summed E-state index contributed by atoms with van der Waals surface area (Å²) in [6.07, 6.45) is 1.45. The fourth-order valence-electron chi connectivity index (χ4n) is 4.20. The molecule has 0 N–H and O–H groups in total. The number of benzene rings is 2. The molecule has 1 aromatic heterocycles. The summed E-state index contributed by atoms with van der Waals surface area (Å²) in [6.45, 7) is 12.6. The predicted octanol–water partition coefficient (Wildman–Crippen LogP) is 6.11. The number of amides is 1. The minimum atomic E-state index is -0.549. The first kappa shape index (κ1) is 25.4. The molecule has 0 radical (unpaired) electrons. The second kappa shape index (κ2) is 10.4. The van der Waals surface area contributed by atoms with Gasteiger partial charge in [0.1, 0.15) is 12.0 Å². The lowest BCUT2D eigenvalue weighted by molar-refractivity contribution is -0.125. The third-order valence-corrected chi connectivity index (χ3v) is 5.93. The van der Waals surface area contributed by atoms with Gasteiger partial charge in [0.15, 0.2) is 0 Å². The van der Waals surface area contributed by atoms with Crippen LogP contribution in [0.1, 0.15) is 57.4 Å². The van der Waals surface area contributed by atoms with Crippen LogP contribution in [-0.2, 0) is 16.0 Å². The van der Waals surface area contributed by atoms with Crippen molar-refractivity contribution in [3.63, 3.8) is 0 Å². The van der Waals surface area contributed by atoms with Gasteiger partial charge in [0.25, 0.3) is 0 Å². The first-order chi connectivity index (χ1) is 16.0. The monoisotopic (exact) mass is 460 g/mol. The molecule has 0 aliphatic rings. The lowest BCUT2D eigenvalue weighted by Crippen LogP contribution is -2.42. The van der Waals surface area contributed by atoms with E-state index < -0.39 is 5.41 Å². The van der Waals surface area contributed by atoms with Crippen molar-refractivity contribution >= 4 is 28.8 Å². The minimum absolute atomic E-state index is 0.0196. The van der Waals surface area contributed by atoms with Gasteiger partial charge in [-0.2, -0.15) is 0 Å². The summed E-state index contributed by atoms with van der Waals surface area (Å²) in [5, 5.41) is 1.12. The molecule has 1 unspecified atom stereocenters. The Labute approximate surface area is 203 Å². The van der Waals surface area contributed by atoms with Crippen LogP contribution in [0.3, 0.4) is 0 Å². The van der Waals surface area contributed by atoms with E-state index in [-0.39, 0.29) is 17.7 Å². The van der Waals surface area contributed by atoms with Crippen LogP contribution in [0.2, 0.25) is 0 Å². The van der Waals surface area contributed by atoms with E-state index in [1.54, 1.807) is 12.0 Å². The van der Waals surface area contributed by atoms with Crippen LogP contribution in [0, 0.1) is 18.3 Å². The molecule has 3 aromatic rings. The van der Waals surface area contributed by atoms with Gasteiger partial charge < -0.3 is 14.4 Å². The zero-order valence-corrected chi connectivity index (χ0v) is 21.4. The average Bonchev–Trinajstić information content (AvgIpc) is 2.79. The number of rotatable bonds is 8. The Morgan fingerprint density at radius 3 is 2.44 bits per heavy atom. The Morgan fingerprint density at radius 2 is 1.82 bits per heavy atom. The van der Waals surface area contributed by atoms with Crippen molar-refractivity contribution in [3.8, 4) is 5.75 Å². The predicted molar refractivity (Wildman–Crippen MR) is 139 cm³/mol. The van der Waals surface area contributed by atoms with Crippen LogP contribution in [0.15, 0.2) is 48.5 Å². The highest BCUT2D eigenvalue weighted by atomic mass is 16.5. The number of nitrogens with zero attached hydrogens (tertiary/aromatic N) is 2. The summed E-state index contributed by atoms with van der Waals surface area (Å²) < 4.78 is 5.63. The lowest BCUT2D eigenvalue weighted by Gasteiger charge is -2.32. The van der Waals surface area contributed by atoms with Crippen LogP contribution in [0.5, 0.6) is 5.75 Å². The van der Waals surface area contributed by atoms with Gasteiger partial charge in [-0.15, -0.1) is 0 Å². The van der Waals surface area contributed by atoms with Gasteiger partial charge in [0.2, 0.25) is 5.91 Å². The van der Waals surface area contributed by atoms with Crippen molar-refractivity contribution in [1.29, 1.82) is 0 Å². The molecule has 0 bridgehead atoms. The molecule has 5 nitrogen and oxygen atoms in total. The summed E-state index contributed by atoms with van der Waals surface area (Å²) >= 11 is 0. The molecule has 1 atom stereocenters. The Kier molecular flexibility index (Phi) is 7.75. The Balaban J connectivity index is 2.02. The number of para-hydroxylation sites is 1. The summed E-state index contributed by atoms with van der Waals surface area (Å²) in [6, 6.07) is 15.8. The standard InChI is InChI=1S/C29H36N2O3/c1-19(2)17-31(28(33)29(4,5)6)26-16-21(12-13-27(26)34-7)22(18-32)15-23-14-20(3)24-10-8-9-11-25(24)30-23/h8-14,16,18-19,22H,15,17H2,1-7H3. The fraction of sp³-hybridized carbons (Fsp3) is 0.414. The number of carbonyl (C=O) groups is 2. The van der Waals surface area contributed by atoms with Crippen LogP contribution in [0.25, 0.3) is 10.9 Å². The molecule has 34 heavy (non-hydrogen) atoms. The highest BCUT2D eigenvalue weighted by Gasteiger charge is 2.31. The van der Waals surface area contributed by atoms with E-state index >= 15 is 0 Å². The van der Waals surface area contributed by atoms with E-state index in [4.69, 9.17) is 9.72 Å². The average molecular weight is 461 g/mol. The molecule has 0 aliphatic heterocycles. The molecule has 180 valence electrons. The molecule has 0 spiro atoms. The number of pyridine rings is 1. The Bertz CT molecular complexity index is 1180. The van der Waals surface area contributed by atoms with E-state index in [2.05, 4.69) is 32.9 Å². The Morgan fingerprint density at radius 1 is 1.12 bits per heavy atom. The van der Waals surface area contributed by atoms with Gasteiger partial charge in [0.05, 0.1) is 18.3 Å². The van der Waals surface area contributed by atoms with E-state index in [1.807, 2.05) is 57.2 Å². The largest absolute Gasteiger partial charge is 0.495 e. The van der Waals surface area contributed by atoms with E-state index in [0.717, 1.165) is 34.0 Å². The normalized spacial score (nSPS) is 12.6. The molecule has 3 rings (SSSR count). The number of ether oxygens (including phenoxy) is 1. The zero-order valence-electron chi connectivity index (χ0n) is 21.4. The fourth-order valence-corrected chi connectivity index (χ4v) is 4.20. The smallest absolute Gasteiger partial charge is 0.232 e. The molecular weight excluding hydrogens is 424 g/mol. The maximum Gasteiger partial charge on any atom is 0.232 e. The van der Waals surface area contributed by atoms with Gasteiger partial charge in [-0.05, 0) is 48.2 Å². The van der Waals surface area contributed by atoms with Gasteiger partial charge in [-0.25, -0.2) is 0 Å². The highest BCUT2D eigenvalue weighted by Crippen LogP contribution is 2.35. The summed E-state index contributed by atoms with van der Waals surface area (Å²) in [4.78, 5) is 32.2. The van der Waals surface area contributed by atoms with Crippen LogP contribution >= 0.6 is 0 Å². The molecule has 1 amide bonds. The molecule has 5 heteroatoms. The number of fused-ring (bicyclic) bond motifs is 1. The first-order valence-electron chi connectivity index (χ1n) is 11.9. The van der Waals surface area contributed by atoms with Crippen molar-refractivity contribution in [1.82, 2.24) is 4.98 Å². The van der Waals surface area contributed by atoms with Crippen molar-refractivity contribution in [2.45, 2.75) is 53.9 Å². The van der Waals surface area contributed by atoms with Gasteiger partial charge in [-0.1, -0.05) is 58.9 Å². The second-order valence-corrected chi connectivity index (χ2v) is 10.4. The molecule has 1 heterocycles. The number of aromatic nitrogens is 1. The number of hydrogen-bond donors (Lipinski definition) is 0. The molecule has 0 saturated carbocycles.